The summed E-state index contributed by atoms with van der Waals surface area (Å²) < 4.78 is 10.1. The zero-order valence-corrected chi connectivity index (χ0v) is 16.5. The van der Waals surface area contributed by atoms with Gasteiger partial charge in [0, 0.05) is 50.3 Å². The van der Waals surface area contributed by atoms with E-state index in [1.165, 1.54) is 7.11 Å². The topological polar surface area (TPSA) is 71.1 Å². The molecular formula is C21H29N3O4. The van der Waals surface area contributed by atoms with E-state index >= 15 is 0 Å². The van der Waals surface area contributed by atoms with Gasteiger partial charge in [0.15, 0.2) is 0 Å². The van der Waals surface area contributed by atoms with Crippen LogP contribution in [0.5, 0.6) is 0 Å². The third-order valence-corrected chi connectivity index (χ3v) is 6.42. The maximum absolute atomic E-state index is 13.4. The fraction of sp³-hybridized carbons (Fsp3) is 0.619. The molecule has 1 aromatic carbocycles. The van der Waals surface area contributed by atoms with Crippen molar-refractivity contribution in [2.45, 2.75) is 38.1 Å². The predicted molar refractivity (Wildman–Crippen MR) is 107 cm³/mol. The Morgan fingerprint density at radius 3 is 2.64 bits per heavy atom. The van der Waals surface area contributed by atoms with Crippen LogP contribution in [0.1, 0.15) is 32.1 Å². The molecule has 1 spiro atoms. The highest BCUT2D eigenvalue weighted by Gasteiger charge is 2.50. The molecule has 0 aliphatic carbocycles. The molecule has 28 heavy (non-hydrogen) atoms. The van der Waals surface area contributed by atoms with Gasteiger partial charge in [-0.25, -0.2) is 4.79 Å². The molecule has 7 heteroatoms. The highest BCUT2D eigenvalue weighted by atomic mass is 16.5. The Labute approximate surface area is 166 Å². The number of benzene rings is 1. The number of nitrogens with zero attached hydrogens (tertiary/aromatic N) is 2. The van der Waals surface area contributed by atoms with E-state index in [1.807, 2.05) is 24.3 Å². The summed E-state index contributed by atoms with van der Waals surface area (Å²) >= 11 is 0. The number of piperidine rings is 1. The van der Waals surface area contributed by atoms with Crippen molar-refractivity contribution >= 4 is 23.4 Å². The van der Waals surface area contributed by atoms with Crippen LogP contribution in [0, 0.1) is 5.41 Å². The summed E-state index contributed by atoms with van der Waals surface area (Å²) in [5.41, 5.74) is 1.54. The molecule has 7 nitrogen and oxygen atoms in total. The molecule has 0 aromatic heterocycles. The Bertz CT molecular complexity index is 717. The first-order valence-corrected chi connectivity index (χ1v) is 10.2. The molecule has 3 saturated heterocycles. The predicted octanol–water partition coefficient (Wildman–Crippen LogP) is 2.86. The first kappa shape index (κ1) is 19.1. The van der Waals surface area contributed by atoms with Crippen LogP contribution < -0.4 is 10.2 Å². The van der Waals surface area contributed by atoms with E-state index in [9.17, 15) is 9.59 Å². The lowest BCUT2D eigenvalue weighted by atomic mass is 9.78. The van der Waals surface area contributed by atoms with E-state index in [-0.39, 0.29) is 5.41 Å². The van der Waals surface area contributed by atoms with Crippen LogP contribution in [0.3, 0.4) is 0 Å². The monoisotopic (exact) mass is 387 g/mol. The Kier molecular flexibility index (Phi) is 5.44. The number of hydrogen-bond donors (Lipinski definition) is 1. The van der Waals surface area contributed by atoms with Crippen LogP contribution in [0.4, 0.5) is 16.2 Å². The van der Waals surface area contributed by atoms with E-state index in [0.29, 0.717) is 17.6 Å². The largest absolute Gasteiger partial charge is 0.453 e. The van der Waals surface area contributed by atoms with Crippen LogP contribution in [0.15, 0.2) is 24.3 Å². The van der Waals surface area contributed by atoms with Gasteiger partial charge in [-0.2, -0.15) is 0 Å². The molecule has 3 aliphatic heterocycles. The lowest BCUT2D eigenvalue weighted by Gasteiger charge is -2.41. The highest BCUT2D eigenvalue weighted by Crippen LogP contribution is 2.43. The van der Waals surface area contributed by atoms with Gasteiger partial charge in [0.05, 0.1) is 12.5 Å². The van der Waals surface area contributed by atoms with E-state index < -0.39 is 6.09 Å². The van der Waals surface area contributed by atoms with Crippen LogP contribution >= 0.6 is 0 Å². The SMILES string of the molecule is COC(=O)Nc1ccc(N2CCC[C@@]3(CCN(C4CCOCC4)C3=O)C2)cc1. The van der Waals surface area contributed by atoms with Crippen molar-refractivity contribution in [1.29, 1.82) is 0 Å². The summed E-state index contributed by atoms with van der Waals surface area (Å²) in [5, 5.41) is 2.67. The second-order valence-electron chi connectivity index (χ2n) is 8.06. The van der Waals surface area contributed by atoms with Crippen LogP contribution in [-0.4, -0.2) is 62.9 Å². The Morgan fingerprint density at radius 2 is 1.93 bits per heavy atom. The molecule has 1 N–H and O–H groups in total. The maximum Gasteiger partial charge on any atom is 0.411 e. The van der Waals surface area contributed by atoms with Gasteiger partial charge in [0.25, 0.3) is 0 Å². The van der Waals surface area contributed by atoms with Crippen LogP contribution in [0.2, 0.25) is 0 Å². The van der Waals surface area contributed by atoms with Gasteiger partial charge in [-0.1, -0.05) is 0 Å². The minimum atomic E-state index is -0.477. The lowest BCUT2D eigenvalue weighted by Crippen LogP contribution is -2.50. The summed E-state index contributed by atoms with van der Waals surface area (Å²) in [6.07, 6.45) is 4.39. The first-order chi connectivity index (χ1) is 13.6. The van der Waals surface area contributed by atoms with Gasteiger partial charge < -0.3 is 19.3 Å². The average molecular weight is 387 g/mol. The number of ether oxygens (including phenoxy) is 2. The number of likely N-dealkylation sites (tertiary alicyclic amines) is 1. The number of nitrogens with one attached hydrogen (secondary N) is 1. The average Bonchev–Trinajstić information content (AvgIpc) is 3.04. The fourth-order valence-electron chi connectivity index (χ4n) is 4.85. The molecule has 0 bridgehead atoms. The Hall–Kier alpha value is -2.28. The Morgan fingerprint density at radius 1 is 1.18 bits per heavy atom. The number of rotatable bonds is 3. The summed E-state index contributed by atoms with van der Waals surface area (Å²) in [5.74, 6) is 0.341. The van der Waals surface area contributed by atoms with Crippen molar-refractivity contribution in [2.24, 2.45) is 5.41 Å². The van der Waals surface area contributed by atoms with Gasteiger partial charge in [-0.15, -0.1) is 0 Å². The van der Waals surface area contributed by atoms with E-state index in [1.54, 1.807) is 0 Å². The molecule has 0 radical (unpaired) electrons. The summed E-state index contributed by atoms with van der Waals surface area (Å²) in [7, 11) is 1.35. The molecule has 1 aromatic rings. The molecule has 4 rings (SSSR count). The quantitative estimate of drug-likeness (QED) is 0.864. The minimum Gasteiger partial charge on any atom is -0.453 e. The van der Waals surface area contributed by atoms with E-state index in [4.69, 9.17) is 4.74 Å². The van der Waals surface area contributed by atoms with Crippen molar-refractivity contribution in [1.82, 2.24) is 4.90 Å². The third kappa shape index (κ3) is 3.68. The normalized spacial score (nSPS) is 26.0. The number of carbonyl (C=O) groups excluding carboxylic acids is 2. The van der Waals surface area contributed by atoms with Gasteiger partial charge in [0.2, 0.25) is 5.91 Å². The second-order valence-corrected chi connectivity index (χ2v) is 8.06. The van der Waals surface area contributed by atoms with Crippen molar-refractivity contribution < 1.29 is 19.1 Å². The van der Waals surface area contributed by atoms with Gasteiger partial charge in [0.1, 0.15) is 0 Å². The van der Waals surface area contributed by atoms with E-state index in [0.717, 1.165) is 70.6 Å². The minimum absolute atomic E-state index is 0.251. The molecule has 0 saturated carbocycles. The van der Waals surface area contributed by atoms with Crippen LogP contribution in [-0.2, 0) is 14.3 Å². The van der Waals surface area contributed by atoms with Crippen molar-refractivity contribution in [3.05, 3.63) is 24.3 Å². The number of hydrogen-bond acceptors (Lipinski definition) is 5. The molecule has 1 atom stereocenters. The highest BCUT2D eigenvalue weighted by molar-refractivity contribution is 5.86. The van der Waals surface area contributed by atoms with Gasteiger partial charge >= 0.3 is 6.09 Å². The van der Waals surface area contributed by atoms with Gasteiger partial charge in [-0.3, -0.25) is 10.1 Å². The number of carbonyl (C=O) groups is 2. The summed E-state index contributed by atoms with van der Waals surface area (Å²) in [6.45, 7) is 4.13. The molecule has 3 fully saturated rings. The molecule has 3 aliphatic rings. The number of anilines is 2. The second kappa shape index (κ2) is 7.99. The smallest absolute Gasteiger partial charge is 0.411 e. The Balaban J connectivity index is 1.44. The third-order valence-electron chi connectivity index (χ3n) is 6.42. The zero-order valence-electron chi connectivity index (χ0n) is 16.5. The maximum atomic E-state index is 13.4. The van der Waals surface area contributed by atoms with Crippen molar-refractivity contribution in [3.63, 3.8) is 0 Å². The molecule has 152 valence electrons. The molecule has 3 heterocycles. The fourth-order valence-corrected chi connectivity index (χ4v) is 4.85. The first-order valence-electron chi connectivity index (χ1n) is 10.2. The number of methoxy groups -OCH3 is 1. The summed E-state index contributed by atoms with van der Waals surface area (Å²) in [6, 6.07) is 8.09. The summed E-state index contributed by atoms with van der Waals surface area (Å²) in [4.78, 5) is 29.2. The molecule has 0 unspecified atom stereocenters. The van der Waals surface area contributed by atoms with E-state index in [2.05, 4.69) is 19.9 Å². The standard InChI is InChI=1S/C21H29N3O4/c1-27-20(26)22-16-3-5-17(6-4-16)23-11-2-9-21(15-23)10-12-24(19(21)25)18-7-13-28-14-8-18/h3-6,18H,2,7-15H2,1H3,(H,22,26)/t21-/m1/s1. The van der Waals surface area contributed by atoms with Crippen LogP contribution in [0.25, 0.3) is 0 Å². The lowest BCUT2D eigenvalue weighted by molar-refractivity contribution is -0.139. The van der Waals surface area contributed by atoms with Crippen molar-refractivity contribution in [2.75, 3.05) is 50.2 Å². The number of amides is 2. The van der Waals surface area contributed by atoms with Crippen molar-refractivity contribution in [3.8, 4) is 0 Å². The molecular weight excluding hydrogens is 358 g/mol. The zero-order chi connectivity index (χ0) is 19.6. The van der Waals surface area contributed by atoms with Gasteiger partial charge in [-0.05, 0) is 56.4 Å². The molecule has 2 amide bonds.